The van der Waals surface area contributed by atoms with Crippen molar-refractivity contribution in [3.8, 4) is 21.0 Å². The lowest BCUT2D eigenvalue weighted by Crippen LogP contribution is -1.87. The summed E-state index contributed by atoms with van der Waals surface area (Å²) in [5.41, 5.74) is 6.88. The summed E-state index contributed by atoms with van der Waals surface area (Å²) < 4.78 is 13.8. The Labute approximate surface area is 112 Å². The summed E-state index contributed by atoms with van der Waals surface area (Å²) in [4.78, 5) is 6.24. The van der Waals surface area contributed by atoms with E-state index in [4.69, 9.17) is 5.73 Å². The summed E-state index contributed by atoms with van der Waals surface area (Å²) in [7, 11) is 0. The van der Waals surface area contributed by atoms with Crippen LogP contribution in [0.4, 0.5) is 9.52 Å². The van der Waals surface area contributed by atoms with E-state index in [2.05, 4.69) is 4.98 Å². The minimum atomic E-state index is -0.277. The Bertz CT molecular complexity index is 674. The molecule has 0 saturated heterocycles. The van der Waals surface area contributed by atoms with E-state index in [1.807, 2.05) is 17.5 Å². The van der Waals surface area contributed by atoms with Crippen LogP contribution < -0.4 is 5.73 Å². The molecule has 0 saturated carbocycles. The third kappa shape index (κ3) is 1.91. The smallest absolute Gasteiger partial charge is 0.181 e. The Hall–Kier alpha value is -1.72. The van der Waals surface area contributed by atoms with Crippen molar-refractivity contribution in [2.75, 3.05) is 5.73 Å². The number of aromatic nitrogens is 1. The number of halogens is 1. The molecule has 2 nitrogen and oxygen atoms in total. The van der Waals surface area contributed by atoms with Gasteiger partial charge in [0.25, 0.3) is 0 Å². The average molecular weight is 276 g/mol. The van der Waals surface area contributed by atoms with Crippen LogP contribution in [-0.4, -0.2) is 4.98 Å². The third-order valence-electron chi connectivity index (χ3n) is 2.52. The second kappa shape index (κ2) is 4.51. The number of hydrogen-bond acceptors (Lipinski definition) is 4. The van der Waals surface area contributed by atoms with Gasteiger partial charge in [-0.1, -0.05) is 29.5 Å². The molecule has 0 amide bonds. The Morgan fingerprint density at radius 3 is 2.67 bits per heavy atom. The van der Waals surface area contributed by atoms with Gasteiger partial charge in [-0.25, -0.2) is 9.37 Å². The van der Waals surface area contributed by atoms with Gasteiger partial charge in [0.1, 0.15) is 5.82 Å². The van der Waals surface area contributed by atoms with Crippen LogP contribution in [0.2, 0.25) is 0 Å². The minimum Gasteiger partial charge on any atom is -0.375 e. The SMILES string of the molecule is Nc1nc(-c2ccccc2F)c(-c2cccs2)s1. The first-order valence-electron chi connectivity index (χ1n) is 5.31. The molecule has 0 spiro atoms. The highest BCUT2D eigenvalue weighted by Crippen LogP contribution is 2.40. The van der Waals surface area contributed by atoms with E-state index in [-0.39, 0.29) is 5.82 Å². The maximum Gasteiger partial charge on any atom is 0.181 e. The maximum atomic E-state index is 13.8. The molecule has 1 aromatic carbocycles. The van der Waals surface area contributed by atoms with Gasteiger partial charge in [0.15, 0.2) is 5.13 Å². The fourth-order valence-corrected chi connectivity index (χ4v) is 3.45. The standard InChI is InChI=1S/C13H9FN2S2/c14-9-5-2-1-4-8(9)11-12(18-13(15)16-11)10-6-3-7-17-10/h1-7H,(H2,15,16). The lowest BCUT2D eigenvalue weighted by molar-refractivity contribution is 0.631. The zero-order chi connectivity index (χ0) is 12.5. The molecule has 0 aliphatic carbocycles. The van der Waals surface area contributed by atoms with E-state index >= 15 is 0 Å². The highest BCUT2D eigenvalue weighted by Gasteiger charge is 2.16. The van der Waals surface area contributed by atoms with Gasteiger partial charge in [-0.2, -0.15) is 0 Å². The summed E-state index contributed by atoms with van der Waals surface area (Å²) in [6.45, 7) is 0. The first-order valence-corrected chi connectivity index (χ1v) is 7.00. The van der Waals surface area contributed by atoms with Gasteiger partial charge in [-0.15, -0.1) is 11.3 Å². The van der Waals surface area contributed by atoms with Crippen LogP contribution in [0.5, 0.6) is 0 Å². The minimum absolute atomic E-state index is 0.277. The van der Waals surface area contributed by atoms with Gasteiger partial charge in [-0.05, 0) is 23.6 Å². The van der Waals surface area contributed by atoms with E-state index in [0.717, 1.165) is 9.75 Å². The molecule has 18 heavy (non-hydrogen) atoms. The molecule has 2 aromatic heterocycles. The van der Waals surface area contributed by atoms with Crippen LogP contribution in [-0.2, 0) is 0 Å². The average Bonchev–Trinajstić information content (AvgIpc) is 2.98. The second-order valence-corrected chi connectivity index (χ2v) is 5.67. The number of nitrogen functional groups attached to an aromatic ring is 1. The topological polar surface area (TPSA) is 38.9 Å². The normalized spacial score (nSPS) is 10.7. The molecule has 5 heteroatoms. The van der Waals surface area contributed by atoms with Crippen molar-refractivity contribution in [2.45, 2.75) is 0 Å². The molecule has 90 valence electrons. The molecule has 0 aliphatic rings. The molecule has 2 heterocycles. The van der Waals surface area contributed by atoms with Gasteiger partial charge in [-0.3, -0.25) is 0 Å². The third-order valence-corrected chi connectivity index (χ3v) is 4.45. The highest BCUT2D eigenvalue weighted by atomic mass is 32.1. The molecule has 3 aromatic rings. The van der Waals surface area contributed by atoms with Crippen LogP contribution in [0.1, 0.15) is 0 Å². The molecule has 2 N–H and O–H groups in total. The maximum absolute atomic E-state index is 13.8. The van der Waals surface area contributed by atoms with Crippen LogP contribution >= 0.6 is 22.7 Å². The van der Waals surface area contributed by atoms with Gasteiger partial charge < -0.3 is 5.73 Å². The fraction of sp³-hybridized carbons (Fsp3) is 0. The predicted molar refractivity (Wildman–Crippen MR) is 75.2 cm³/mol. The number of nitrogens with two attached hydrogens (primary N) is 1. The first-order chi connectivity index (χ1) is 8.75. The lowest BCUT2D eigenvalue weighted by Gasteiger charge is -2.01. The van der Waals surface area contributed by atoms with Crippen molar-refractivity contribution >= 4 is 27.8 Å². The van der Waals surface area contributed by atoms with Gasteiger partial charge in [0.2, 0.25) is 0 Å². The number of thiophene rings is 1. The summed E-state index contributed by atoms with van der Waals surface area (Å²) in [5.74, 6) is -0.277. The summed E-state index contributed by atoms with van der Waals surface area (Å²) in [6.07, 6.45) is 0. The Kier molecular flexibility index (Phi) is 2.85. The number of hydrogen-bond donors (Lipinski definition) is 1. The molecule has 0 unspecified atom stereocenters. The molecule has 3 rings (SSSR count). The van der Waals surface area contributed by atoms with Crippen LogP contribution in [0.15, 0.2) is 41.8 Å². The first kappa shape index (κ1) is 11.4. The quantitative estimate of drug-likeness (QED) is 0.759. The summed E-state index contributed by atoms with van der Waals surface area (Å²) in [5, 5.41) is 2.44. The number of benzene rings is 1. The molecule has 0 radical (unpaired) electrons. The Morgan fingerprint density at radius 1 is 1.11 bits per heavy atom. The van der Waals surface area contributed by atoms with E-state index in [1.54, 1.807) is 29.5 Å². The van der Waals surface area contributed by atoms with Crippen LogP contribution in [0.25, 0.3) is 21.0 Å². The van der Waals surface area contributed by atoms with Crippen molar-refractivity contribution in [1.29, 1.82) is 0 Å². The second-order valence-electron chi connectivity index (χ2n) is 3.69. The molecule has 0 bridgehead atoms. The monoisotopic (exact) mass is 276 g/mol. The van der Waals surface area contributed by atoms with Crippen LogP contribution in [0, 0.1) is 5.82 Å². The van der Waals surface area contributed by atoms with E-state index < -0.39 is 0 Å². The lowest BCUT2D eigenvalue weighted by atomic mass is 10.1. The zero-order valence-electron chi connectivity index (χ0n) is 9.26. The summed E-state index contributed by atoms with van der Waals surface area (Å²) in [6, 6.07) is 10.6. The molecule has 0 fully saturated rings. The van der Waals surface area contributed by atoms with Crippen molar-refractivity contribution in [1.82, 2.24) is 4.98 Å². The van der Waals surface area contributed by atoms with Gasteiger partial charge >= 0.3 is 0 Å². The fourth-order valence-electron chi connectivity index (χ4n) is 1.75. The molecular formula is C13H9FN2S2. The predicted octanol–water partition coefficient (Wildman–Crippen LogP) is 4.26. The van der Waals surface area contributed by atoms with Gasteiger partial charge in [0.05, 0.1) is 10.6 Å². The van der Waals surface area contributed by atoms with Crippen molar-refractivity contribution in [3.05, 3.63) is 47.6 Å². The van der Waals surface area contributed by atoms with Crippen molar-refractivity contribution in [3.63, 3.8) is 0 Å². The molecule has 0 atom stereocenters. The number of rotatable bonds is 2. The summed E-state index contributed by atoms with van der Waals surface area (Å²) >= 11 is 2.98. The zero-order valence-corrected chi connectivity index (χ0v) is 10.9. The van der Waals surface area contributed by atoms with Crippen molar-refractivity contribution < 1.29 is 4.39 Å². The van der Waals surface area contributed by atoms with Crippen molar-refractivity contribution in [2.24, 2.45) is 0 Å². The van der Waals surface area contributed by atoms with Crippen LogP contribution in [0.3, 0.4) is 0 Å². The Morgan fingerprint density at radius 2 is 1.94 bits per heavy atom. The van der Waals surface area contributed by atoms with Gasteiger partial charge in [0, 0.05) is 10.4 Å². The van der Waals surface area contributed by atoms with E-state index in [1.165, 1.54) is 17.4 Å². The largest absolute Gasteiger partial charge is 0.375 e. The highest BCUT2D eigenvalue weighted by molar-refractivity contribution is 7.23. The molecular weight excluding hydrogens is 267 g/mol. The number of thiazole rings is 1. The van der Waals surface area contributed by atoms with E-state index in [9.17, 15) is 4.39 Å². The number of nitrogens with zero attached hydrogens (tertiary/aromatic N) is 1. The number of anilines is 1. The molecule has 0 aliphatic heterocycles. The van der Waals surface area contributed by atoms with E-state index in [0.29, 0.717) is 16.4 Å². The Balaban J connectivity index is 2.22.